The Kier molecular flexibility index (Phi) is 3.22. The highest BCUT2D eigenvalue weighted by Gasteiger charge is 2.51. The number of hydrogen-bond donors (Lipinski definition) is 2. The largest absolute Gasteiger partial charge is 0.480 e. The molecule has 2 N–H and O–H groups in total. The van der Waals surface area contributed by atoms with Crippen molar-refractivity contribution < 1.29 is 9.90 Å². The molecule has 0 radical (unpaired) electrons. The van der Waals surface area contributed by atoms with Crippen LogP contribution in [0, 0.1) is 0 Å². The van der Waals surface area contributed by atoms with Crippen LogP contribution < -0.4 is 5.32 Å². The molecule has 1 aliphatic carbocycles. The fraction of sp³-hybridized carbons (Fsp3) is 0.917. The lowest BCUT2D eigenvalue weighted by atomic mass is 9.96. The summed E-state index contributed by atoms with van der Waals surface area (Å²) in [6, 6.07) is 1.05. The van der Waals surface area contributed by atoms with E-state index in [2.05, 4.69) is 24.1 Å². The fourth-order valence-electron chi connectivity index (χ4n) is 2.77. The van der Waals surface area contributed by atoms with Crippen LogP contribution in [0.25, 0.3) is 0 Å². The van der Waals surface area contributed by atoms with Gasteiger partial charge in [0.25, 0.3) is 0 Å². The fourth-order valence-corrected chi connectivity index (χ4v) is 2.77. The van der Waals surface area contributed by atoms with Crippen molar-refractivity contribution >= 4 is 5.97 Å². The highest BCUT2D eigenvalue weighted by Crippen LogP contribution is 2.37. The molecule has 1 aliphatic heterocycles. The minimum absolute atomic E-state index is 0.396. The van der Waals surface area contributed by atoms with Crippen molar-refractivity contribution in [2.75, 3.05) is 13.1 Å². The van der Waals surface area contributed by atoms with Gasteiger partial charge in [-0.05, 0) is 39.2 Å². The predicted molar refractivity (Wildman–Crippen MR) is 62.5 cm³/mol. The molecule has 2 aliphatic rings. The molecule has 2 atom stereocenters. The summed E-state index contributed by atoms with van der Waals surface area (Å²) < 4.78 is 0. The van der Waals surface area contributed by atoms with E-state index in [1.54, 1.807) is 0 Å². The van der Waals surface area contributed by atoms with Crippen molar-refractivity contribution in [1.29, 1.82) is 0 Å². The van der Waals surface area contributed by atoms with Gasteiger partial charge in [-0.25, -0.2) is 0 Å². The normalized spacial score (nSPS) is 35.5. The molecule has 1 heterocycles. The molecule has 0 amide bonds. The molecule has 1 saturated carbocycles. The molecule has 92 valence electrons. The Morgan fingerprint density at radius 1 is 1.56 bits per heavy atom. The van der Waals surface area contributed by atoms with E-state index in [9.17, 15) is 9.90 Å². The first-order valence-corrected chi connectivity index (χ1v) is 6.33. The van der Waals surface area contributed by atoms with Crippen LogP contribution >= 0.6 is 0 Å². The third-order valence-corrected chi connectivity index (χ3v) is 3.80. The van der Waals surface area contributed by atoms with Gasteiger partial charge in [0.05, 0.1) is 0 Å². The highest BCUT2D eigenvalue weighted by atomic mass is 16.4. The monoisotopic (exact) mass is 226 g/mol. The third-order valence-electron chi connectivity index (χ3n) is 3.80. The summed E-state index contributed by atoms with van der Waals surface area (Å²) in [5, 5.41) is 12.7. The van der Waals surface area contributed by atoms with Crippen LogP contribution in [-0.4, -0.2) is 46.7 Å². The Morgan fingerprint density at radius 3 is 2.75 bits per heavy atom. The molecule has 0 bridgehead atoms. The average molecular weight is 226 g/mol. The van der Waals surface area contributed by atoms with Crippen LogP contribution in [0.4, 0.5) is 0 Å². The maximum Gasteiger partial charge on any atom is 0.325 e. The van der Waals surface area contributed by atoms with E-state index in [1.165, 1.54) is 12.8 Å². The van der Waals surface area contributed by atoms with E-state index in [0.717, 1.165) is 19.4 Å². The number of nitrogens with zero attached hydrogens (tertiary/aromatic N) is 1. The summed E-state index contributed by atoms with van der Waals surface area (Å²) in [7, 11) is 0. The van der Waals surface area contributed by atoms with Gasteiger partial charge in [0.1, 0.15) is 5.54 Å². The number of nitrogens with one attached hydrogen (secondary N) is 1. The summed E-state index contributed by atoms with van der Waals surface area (Å²) in [5.41, 5.74) is -0.696. The number of rotatable bonds is 5. The van der Waals surface area contributed by atoms with E-state index in [0.29, 0.717) is 18.6 Å². The summed E-state index contributed by atoms with van der Waals surface area (Å²) >= 11 is 0. The lowest BCUT2D eigenvalue weighted by Crippen LogP contribution is -2.54. The first-order valence-electron chi connectivity index (χ1n) is 6.33. The number of carboxylic acid groups (broad SMARTS) is 1. The van der Waals surface area contributed by atoms with Gasteiger partial charge in [-0.3, -0.25) is 9.69 Å². The van der Waals surface area contributed by atoms with Crippen LogP contribution in [0.2, 0.25) is 0 Å². The van der Waals surface area contributed by atoms with Gasteiger partial charge in [-0.1, -0.05) is 6.92 Å². The van der Waals surface area contributed by atoms with Crippen molar-refractivity contribution in [1.82, 2.24) is 10.2 Å². The topological polar surface area (TPSA) is 52.6 Å². The van der Waals surface area contributed by atoms with Crippen molar-refractivity contribution in [3.63, 3.8) is 0 Å². The van der Waals surface area contributed by atoms with Crippen molar-refractivity contribution in [2.24, 2.45) is 0 Å². The standard InChI is InChI=1S/C12H22N2O2/c1-3-6-13-12(11(15)16)7-9(2)14(8-12)10-4-5-10/h9-10,13H,3-8H2,1-2H3,(H,15,16). The Balaban J connectivity index is 2.06. The average Bonchev–Trinajstić information content (AvgIpc) is 3.01. The van der Waals surface area contributed by atoms with Gasteiger partial charge in [-0.2, -0.15) is 0 Å². The SMILES string of the molecule is CCCNC1(C(=O)O)CC(C)N(C2CC2)C1. The van der Waals surface area contributed by atoms with Crippen molar-refractivity contribution in [3.05, 3.63) is 0 Å². The Labute approximate surface area is 97.0 Å². The minimum atomic E-state index is -0.696. The number of aliphatic carboxylic acids is 1. The molecule has 4 heteroatoms. The first kappa shape index (κ1) is 11.9. The smallest absolute Gasteiger partial charge is 0.325 e. The van der Waals surface area contributed by atoms with Gasteiger partial charge in [-0.15, -0.1) is 0 Å². The Morgan fingerprint density at radius 2 is 2.25 bits per heavy atom. The molecule has 4 nitrogen and oxygen atoms in total. The Hall–Kier alpha value is -0.610. The van der Waals surface area contributed by atoms with Gasteiger partial charge in [0.15, 0.2) is 0 Å². The van der Waals surface area contributed by atoms with Crippen LogP contribution in [0.15, 0.2) is 0 Å². The predicted octanol–water partition coefficient (Wildman–Crippen LogP) is 1.07. The number of carboxylic acids is 1. The quantitative estimate of drug-likeness (QED) is 0.736. The molecular formula is C12H22N2O2. The third kappa shape index (κ3) is 2.09. The molecule has 2 rings (SSSR count). The zero-order chi connectivity index (χ0) is 11.8. The Bertz CT molecular complexity index is 278. The van der Waals surface area contributed by atoms with Gasteiger partial charge < -0.3 is 10.4 Å². The lowest BCUT2D eigenvalue weighted by molar-refractivity contribution is -0.144. The second-order valence-corrected chi connectivity index (χ2v) is 5.27. The van der Waals surface area contributed by atoms with Crippen LogP contribution in [0.3, 0.4) is 0 Å². The molecule has 0 aromatic carbocycles. The second-order valence-electron chi connectivity index (χ2n) is 5.27. The van der Waals surface area contributed by atoms with Gasteiger partial charge in [0.2, 0.25) is 0 Å². The van der Waals surface area contributed by atoms with E-state index >= 15 is 0 Å². The number of likely N-dealkylation sites (tertiary alicyclic amines) is 1. The minimum Gasteiger partial charge on any atom is -0.480 e. The summed E-state index contributed by atoms with van der Waals surface area (Å²) in [6.07, 6.45) is 4.20. The van der Waals surface area contributed by atoms with E-state index in [4.69, 9.17) is 0 Å². The van der Waals surface area contributed by atoms with Gasteiger partial charge >= 0.3 is 5.97 Å². The lowest BCUT2D eigenvalue weighted by Gasteiger charge is -2.26. The van der Waals surface area contributed by atoms with E-state index < -0.39 is 11.5 Å². The molecule has 2 unspecified atom stereocenters. The molecule has 1 saturated heterocycles. The summed E-state index contributed by atoms with van der Waals surface area (Å²) in [4.78, 5) is 13.8. The van der Waals surface area contributed by atoms with Crippen LogP contribution in [0.5, 0.6) is 0 Å². The van der Waals surface area contributed by atoms with Crippen LogP contribution in [-0.2, 0) is 4.79 Å². The van der Waals surface area contributed by atoms with Crippen molar-refractivity contribution in [3.8, 4) is 0 Å². The second kappa shape index (κ2) is 4.34. The molecule has 0 aromatic rings. The molecule has 16 heavy (non-hydrogen) atoms. The number of carbonyl (C=O) groups is 1. The maximum atomic E-state index is 11.5. The zero-order valence-electron chi connectivity index (χ0n) is 10.2. The highest BCUT2D eigenvalue weighted by molar-refractivity contribution is 5.80. The van der Waals surface area contributed by atoms with E-state index in [-0.39, 0.29) is 0 Å². The van der Waals surface area contributed by atoms with Crippen molar-refractivity contribution in [2.45, 2.75) is 57.2 Å². The maximum absolute atomic E-state index is 11.5. The molecule has 0 spiro atoms. The number of hydrogen-bond acceptors (Lipinski definition) is 3. The van der Waals surface area contributed by atoms with Crippen LogP contribution in [0.1, 0.15) is 39.5 Å². The summed E-state index contributed by atoms with van der Waals surface area (Å²) in [5.74, 6) is -0.684. The molecule has 2 fully saturated rings. The summed E-state index contributed by atoms with van der Waals surface area (Å²) in [6.45, 7) is 5.68. The molecule has 0 aromatic heterocycles. The first-order chi connectivity index (χ1) is 7.59. The van der Waals surface area contributed by atoms with E-state index in [1.807, 2.05) is 0 Å². The van der Waals surface area contributed by atoms with Gasteiger partial charge in [0, 0.05) is 18.6 Å². The molecular weight excluding hydrogens is 204 g/mol. The zero-order valence-corrected chi connectivity index (χ0v) is 10.2.